The van der Waals surface area contributed by atoms with E-state index in [2.05, 4.69) is 0 Å². The normalized spacial score (nSPS) is 14.4. The smallest absolute Gasteiger partial charge is 0.188 e. The van der Waals surface area contributed by atoms with E-state index in [1.54, 1.807) is 0 Å². The molecule has 0 aromatic heterocycles. The molecule has 1 atom stereocenters. The molecule has 1 saturated carbocycles. The van der Waals surface area contributed by atoms with Gasteiger partial charge in [-0.05, 0) is 69.9 Å². The summed E-state index contributed by atoms with van der Waals surface area (Å²) in [5.41, 5.74) is 2.09. The van der Waals surface area contributed by atoms with E-state index in [1.807, 2.05) is 79.7 Å². The fourth-order valence-electron chi connectivity index (χ4n) is 3.65. The molecular formula is C25H25O3P. The van der Waals surface area contributed by atoms with Crippen LogP contribution in [0.2, 0.25) is 0 Å². The molecule has 148 valence electrons. The lowest BCUT2D eigenvalue weighted by atomic mass is 10.1. The highest BCUT2D eigenvalue weighted by atomic mass is 31.1. The molecule has 0 bridgehead atoms. The minimum Gasteiger partial charge on any atom is -0.456 e. The molecule has 0 radical (unpaired) electrons. The lowest BCUT2D eigenvalue weighted by Gasteiger charge is -2.18. The number of rotatable bonds is 7. The van der Waals surface area contributed by atoms with Crippen molar-refractivity contribution < 1.29 is 14.3 Å². The average molecular weight is 404 g/mol. The molecule has 0 aliphatic heterocycles. The SMILES string of the molecule is Cc1ccc(Oc2ccccc2)c(C(=O)PC2CCCC2)c1Oc1ccccc1. The lowest BCUT2D eigenvalue weighted by molar-refractivity contribution is 0.108. The van der Waals surface area contributed by atoms with E-state index in [-0.39, 0.29) is 14.1 Å². The van der Waals surface area contributed by atoms with Crippen LogP contribution in [0.25, 0.3) is 0 Å². The van der Waals surface area contributed by atoms with Crippen molar-refractivity contribution in [2.24, 2.45) is 0 Å². The molecule has 0 saturated heterocycles. The molecule has 0 spiro atoms. The van der Waals surface area contributed by atoms with E-state index in [9.17, 15) is 4.79 Å². The highest BCUT2D eigenvalue weighted by Crippen LogP contribution is 2.44. The van der Waals surface area contributed by atoms with Crippen LogP contribution in [0, 0.1) is 6.92 Å². The monoisotopic (exact) mass is 404 g/mol. The summed E-state index contributed by atoms with van der Waals surface area (Å²) in [7, 11) is 0.249. The van der Waals surface area contributed by atoms with Gasteiger partial charge in [0, 0.05) is 0 Å². The number of benzene rings is 3. The van der Waals surface area contributed by atoms with E-state index in [1.165, 1.54) is 12.8 Å². The van der Waals surface area contributed by atoms with Gasteiger partial charge in [0.2, 0.25) is 0 Å². The third kappa shape index (κ3) is 4.86. The highest BCUT2D eigenvalue weighted by Gasteiger charge is 2.26. The third-order valence-electron chi connectivity index (χ3n) is 5.17. The van der Waals surface area contributed by atoms with E-state index >= 15 is 0 Å². The molecule has 3 aromatic rings. The Morgan fingerprint density at radius 3 is 2.03 bits per heavy atom. The zero-order valence-electron chi connectivity index (χ0n) is 16.6. The second kappa shape index (κ2) is 9.24. The van der Waals surface area contributed by atoms with Crippen molar-refractivity contribution in [2.75, 3.05) is 0 Å². The molecule has 0 amide bonds. The van der Waals surface area contributed by atoms with Crippen LogP contribution in [0.3, 0.4) is 0 Å². The summed E-state index contributed by atoms with van der Waals surface area (Å²) in [6, 6.07) is 23.0. The molecule has 3 nitrogen and oxygen atoms in total. The van der Waals surface area contributed by atoms with Gasteiger partial charge in [0.05, 0.1) is 0 Å². The van der Waals surface area contributed by atoms with Gasteiger partial charge in [-0.1, -0.05) is 55.3 Å². The molecule has 29 heavy (non-hydrogen) atoms. The van der Waals surface area contributed by atoms with Crippen molar-refractivity contribution in [2.45, 2.75) is 38.3 Å². The summed E-state index contributed by atoms with van der Waals surface area (Å²) >= 11 is 0. The predicted molar refractivity (Wildman–Crippen MR) is 119 cm³/mol. The molecule has 1 unspecified atom stereocenters. The van der Waals surface area contributed by atoms with Gasteiger partial charge in [-0.25, -0.2) is 0 Å². The first kappa shape index (κ1) is 19.7. The topological polar surface area (TPSA) is 35.5 Å². The zero-order valence-corrected chi connectivity index (χ0v) is 17.6. The standard InChI is InChI=1S/C25H25O3P/c1-18-16-17-22(27-19-10-4-2-5-11-19)23(25(26)29-21-14-8-9-15-21)24(18)28-20-12-6-3-7-13-20/h2-7,10-13,16-17,21,29H,8-9,14-15H2,1H3. The van der Waals surface area contributed by atoms with Crippen LogP contribution in [0.4, 0.5) is 0 Å². The number of para-hydroxylation sites is 2. The summed E-state index contributed by atoms with van der Waals surface area (Å²) < 4.78 is 12.3. The number of carbonyl (C=O) groups excluding carboxylic acids is 1. The maximum Gasteiger partial charge on any atom is 0.188 e. The summed E-state index contributed by atoms with van der Waals surface area (Å²) in [5, 5.41) is 0. The van der Waals surface area contributed by atoms with Crippen molar-refractivity contribution in [3.8, 4) is 23.0 Å². The Morgan fingerprint density at radius 2 is 1.41 bits per heavy atom. The molecule has 0 N–H and O–H groups in total. The number of hydrogen-bond acceptors (Lipinski definition) is 3. The van der Waals surface area contributed by atoms with Gasteiger partial charge in [-0.3, -0.25) is 4.79 Å². The first-order valence-electron chi connectivity index (χ1n) is 10.1. The van der Waals surface area contributed by atoms with Crippen LogP contribution in [0.1, 0.15) is 41.6 Å². The van der Waals surface area contributed by atoms with E-state index in [0.29, 0.717) is 34.2 Å². The van der Waals surface area contributed by atoms with Gasteiger partial charge in [-0.2, -0.15) is 0 Å². The van der Waals surface area contributed by atoms with Crippen molar-refractivity contribution in [3.63, 3.8) is 0 Å². The second-order valence-corrected chi connectivity index (χ2v) is 8.93. The molecule has 4 heteroatoms. The van der Waals surface area contributed by atoms with E-state index in [4.69, 9.17) is 9.47 Å². The van der Waals surface area contributed by atoms with Gasteiger partial charge >= 0.3 is 0 Å². The van der Waals surface area contributed by atoms with Crippen molar-refractivity contribution in [3.05, 3.63) is 83.9 Å². The minimum atomic E-state index is 0.123. The van der Waals surface area contributed by atoms with Crippen molar-refractivity contribution >= 4 is 14.1 Å². The molecule has 3 aromatic carbocycles. The Labute approximate surface area is 173 Å². The Morgan fingerprint density at radius 1 is 0.828 bits per heavy atom. The number of hydrogen-bond donors (Lipinski definition) is 0. The summed E-state index contributed by atoms with van der Waals surface area (Å²) in [5.74, 6) is 2.58. The van der Waals surface area contributed by atoms with E-state index < -0.39 is 0 Å². The summed E-state index contributed by atoms with van der Waals surface area (Å²) in [6.45, 7) is 1.97. The zero-order chi connectivity index (χ0) is 20.1. The molecule has 1 aliphatic carbocycles. The van der Waals surface area contributed by atoms with E-state index in [0.717, 1.165) is 18.4 Å². The molecule has 1 fully saturated rings. The quantitative estimate of drug-likeness (QED) is 0.386. The lowest BCUT2D eigenvalue weighted by Crippen LogP contribution is -2.05. The Balaban J connectivity index is 1.73. The Bertz CT molecular complexity index is 964. The fourth-order valence-corrected chi connectivity index (χ4v) is 5.10. The van der Waals surface area contributed by atoms with Crippen LogP contribution in [-0.4, -0.2) is 11.2 Å². The van der Waals surface area contributed by atoms with Crippen LogP contribution in [0.15, 0.2) is 72.8 Å². The Hall–Kier alpha value is -2.64. The van der Waals surface area contributed by atoms with Crippen LogP contribution < -0.4 is 9.47 Å². The molecule has 1 aliphatic rings. The largest absolute Gasteiger partial charge is 0.456 e. The highest BCUT2D eigenvalue weighted by molar-refractivity contribution is 7.59. The molecular weight excluding hydrogens is 379 g/mol. The maximum absolute atomic E-state index is 13.4. The van der Waals surface area contributed by atoms with Gasteiger partial charge in [0.15, 0.2) is 5.52 Å². The average Bonchev–Trinajstić information content (AvgIpc) is 3.25. The predicted octanol–water partition coefficient (Wildman–Crippen LogP) is 7.34. The van der Waals surface area contributed by atoms with Gasteiger partial charge in [0.1, 0.15) is 28.6 Å². The van der Waals surface area contributed by atoms with Crippen LogP contribution in [0.5, 0.6) is 23.0 Å². The third-order valence-corrected chi connectivity index (χ3v) is 6.67. The van der Waals surface area contributed by atoms with Gasteiger partial charge in [0.25, 0.3) is 0 Å². The van der Waals surface area contributed by atoms with Crippen molar-refractivity contribution in [1.82, 2.24) is 0 Å². The first-order chi connectivity index (χ1) is 14.2. The number of aryl methyl sites for hydroxylation is 1. The summed E-state index contributed by atoms with van der Waals surface area (Å²) in [6.07, 6.45) is 4.72. The first-order valence-corrected chi connectivity index (χ1v) is 11.2. The summed E-state index contributed by atoms with van der Waals surface area (Å²) in [4.78, 5) is 13.4. The number of ether oxygens (including phenoxy) is 2. The Kier molecular flexibility index (Phi) is 6.27. The second-order valence-electron chi connectivity index (χ2n) is 7.37. The molecule has 4 rings (SSSR count). The van der Waals surface area contributed by atoms with Crippen molar-refractivity contribution in [1.29, 1.82) is 0 Å². The number of carbonyl (C=O) groups is 1. The minimum absolute atomic E-state index is 0.123. The maximum atomic E-state index is 13.4. The van der Waals surface area contributed by atoms with Gasteiger partial charge < -0.3 is 9.47 Å². The molecule has 0 heterocycles. The fraction of sp³-hybridized carbons (Fsp3) is 0.240. The van der Waals surface area contributed by atoms with Crippen LogP contribution >= 0.6 is 8.58 Å². The van der Waals surface area contributed by atoms with Crippen LogP contribution in [-0.2, 0) is 0 Å². The van der Waals surface area contributed by atoms with Gasteiger partial charge in [-0.15, -0.1) is 0 Å².